The van der Waals surface area contributed by atoms with Crippen LogP contribution in [0.4, 0.5) is 0 Å². The maximum Gasteiger partial charge on any atom is -0.0188 e. The average molecular weight is 204 g/mol. The molecule has 0 aliphatic heterocycles. The van der Waals surface area contributed by atoms with Crippen LogP contribution in [0.1, 0.15) is 57.9 Å². The van der Waals surface area contributed by atoms with Crippen molar-refractivity contribution in [3.05, 3.63) is 35.9 Å². The highest BCUT2D eigenvalue weighted by Gasteiger charge is 2.09. The van der Waals surface area contributed by atoms with E-state index in [4.69, 9.17) is 0 Å². The van der Waals surface area contributed by atoms with Crippen LogP contribution in [0.5, 0.6) is 0 Å². The summed E-state index contributed by atoms with van der Waals surface area (Å²) in [6.45, 7) is 7.00. The summed E-state index contributed by atoms with van der Waals surface area (Å²) < 4.78 is 0. The van der Waals surface area contributed by atoms with Gasteiger partial charge in [0.2, 0.25) is 0 Å². The van der Waals surface area contributed by atoms with E-state index in [0.29, 0.717) is 5.92 Å². The van der Waals surface area contributed by atoms with Gasteiger partial charge in [-0.2, -0.15) is 0 Å². The highest BCUT2D eigenvalue weighted by atomic mass is 14.1. The van der Waals surface area contributed by atoms with E-state index < -0.39 is 0 Å². The maximum absolute atomic E-state index is 2.38. The summed E-state index contributed by atoms with van der Waals surface area (Å²) in [6.07, 6.45) is 5.41. The second kappa shape index (κ2) is 6.66. The van der Waals surface area contributed by atoms with E-state index >= 15 is 0 Å². The molecular weight excluding hydrogens is 180 g/mol. The Bertz CT molecular complexity index is 250. The molecule has 0 heterocycles. The molecule has 0 saturated carbocycles. The summed E-state index contributed by atoms with van der Waals surface area (Å²) >= 11 is 0. The quantitative estimate of drug-likeness (QED) is 0.611. The molecule has 0 heteroatoms. The standard InChI is InChI=1S/C15H24/c1-4-5-9-13(2)12-14(3)15-10-7-6-8-11-15/h6-8,10-11,13-14H,4-5,9,12H2,1-3H3. The predicted octanol–water partition coefficient (Wildman–Crippen LogP) is 5.01. The van der Waals surface area contributed by atoms with Crippen molar-refractivity contribution < 1.29 is 0 Å². The second-order valence-electron chi connectivity index (χ2n) is 4.79. The summed E-state index contributed by atoms with van der Waals surface area (Å²) in [7, 11) is 0. The van der Waals surface area contributed by atoms with Crippen LogP contribution in [0.3, 0.4) is 0 Å². The lowest BCUT2D eigenvalue weighted by molar-refractivity contribution is 0.438. The number of hydrogen-bond acceptors (Lipinski definition) is 0. The Morgan fingerprint density at radius 2 is 1.73 bits per heavy atom. The minimum atomic E-state index is 0.707. The Balaban J connectivity index is 2.38. The topological polar surface area (TPSA) is 0 Å². The lowest BCUT2D eigenvalue weighted by atomic mass is 9.89. The van der Waals surface area contributed by atoms with Gasteiger partial charge in [0.05, 0.1) is 0 Å². The third-order valence-corrected chi connectivity index (χ3v) is 3.18. The van der Waals surface area contributed by atoms with Gasteiger partial charge in [-0.1, -0.05) is 70.4 Å². The molecule has 0 aliphatic rings. The summed E-state index contributed by atoms with van der Waals surface area (Å²) in [5.74, 6) is 1.57. The van der Waals surface area contributed by atoms with Crippen molar-refractivity contribution in [2.24, 2.45) is 5.92 Å². The first-order valence-corrected chi connectivity index (χ1v) is 6.29. The molecule has 84 valence electrons. The molecule has 0 bridgehead atoms. The molecule has 1 aromatic rings. The highest BCUT2D eigenvalue weighted by Crippen LogP contribution is 2.25. The van der Waals surface area contributed by atoms with Gasteiger partial charge in [-0.15, -0.1) is 0 Å². The third kappa shape index (κ3) is 4.51. The van der Waals surface area contributed by atoms with Crippen LogP contribution in [0, 0.1) is 5.92 Å². The first-order chi connectivity index (χ1) is 7.24. The van der Waals surface area contributed by atoms with E-state index in [1.54, 1.807) is 0 Å². The van der Waals surface area contributed by atoms with E-state index in [2.05, 4.69) is 51.1 Å². The van der Waals surface area contributed by atoms with E-state index in [1.807, 2.05) is 0 Å². The molecule has 1 rings (SSSR count). The zero-order valence-corrected chi connectivity index (χ0v) is 10.4. The molecule has 2 unspecified atom stereocenters. The fraction of sp³-hybridized carbons (Fsp3) is 0.600. The lowest BCUT2D eigenvalue weighted by Crippen LogP contribution is -2.02. The van der Waals surface area contributed by atoms with Crippen LogP contribution in [0.15, 0.2) is 30.3 Å². The first-order valence-electron chi connectivity index (χ1n) is 6.29. The fourth-order valence-electron chi connectivity index (χ4n) is 2.19. The van der Waals surface area contributed by atoms with Crippen LogP contribution in [-0.4, -0.2) is 0 Å². The molecule has 0 nitrogen and oxygen atoms in total. The monoisotopic (exact) mass is 204 g/mol. The smallest absolute Gasteiger partial charge is 0.0188 e. The summed E-state index contributed by atoms with van der Waals surface area (Å²) in [5.41, 5.74) is 1.49. The molecule has 1 aromatic carbocycles. The van der Waals surface area contributed by atoms with Crippen molar-refractivity contribution in [1.29, 1.82) is 0 Å². The summed E-state index contributed by atoms with van der Waals surface area (Å²) in [6, 6.07) is 10.9. The van der Waals surface area contributed by atoms with Gasteiger partial charge in [0.15, 0.2) is 0 Å². The predicted molar refractivity (Wildman–Crippen MR) is 68.2 cm³/mol. The van der Waals surface area contributed by atoms with Crippen molar-refractivity contribution >= 4 is 0 Å². The van der Waals surface area contributed by atoms with Crippen LogP contribution in [0.25, 0.3) is 0 Å². The number of benzene rings is 1. The Morgan fingerprint density at radius 1 is 1.07 bits per heavy atom. The zero-order valence-electron chi connectivity index (χ0n) is 10.4. The van der Waals surface area contributed by atoms with Gasteiger partial charge in [-0.05, 0) is 23.8 Å². The van der Waals surface area contributed by atoms with Crippen molar-refractivity contribution in [2.45, 2.75) is 52.4 Å². The molecule has 0 radical (unpaired) electrons. The molecule has 0 saturated heterocycles. The van der Waals surface area contributed by atoms with Crippen molar-refractivity contribution in [1.82, 2.24) is 0 Å². The Hall–Kier alpha value is -0.780. The first kappa shape index (κ1) is 12.3. The van der Waals surface area contributed by atoms with Gasteiger partial charge < -0.3 is 0 Å². The minimum Gasteiger partial charge on any atom is -0.0654 e. The number of hydrogen-bond donors (Lipinski definition) is 0. The van der Waals surface area contributed by atoms with Gasteiger partial charge in [-0.25, -0.2) is 0 Å². The van der Waals surface area contributed by atoms with Gasteiger partial charge in [0.1, 0.15) is 0 Å². The Kier molecular flexibility index (Phi) is 5.45. The van der Waals surface area contributed by atoms with Gasteiger partial charge in [-0.3, -0.25) is 0 Å². The second-order valence-corrected chi connectivity index (χ2v) is 4.79. The molecule has 15 heavy (non-hydrogen) atoms. The van der Waals surface area contributed by atoms with Crippen molar-refractivity contribution in [3.63, 3.8) is 0 Å². The van der Waals surface area contributed by atoms with Crippen LogP contribution in [-0.2, 0) is 0 Å². The van der Waals surface area contributed by atoms with Gasteiger partial charge >= 0.3 is 0 Å². The largest absolute Gasteiger partial charge is 0.0654 e. The van der Waals surface area contributed by atoms with Crippen LogP contribution < -0.4 is 0 Å². The summed E-state index contributed by atoms with van der Waals surface area (Å²) in [5, 5.41) is 0. The normalized spacial score (nSPS) is 14.9. The van der Waals surface area contributed by atoms with E-state index in [0.717, 1.165) is 5.92 Å². The van der Waals surface area contributed by atoms with E-state index in [9.17, 15) is 0 Å². The van der Waals surface area contributed by atoms with E-state index in [-0.39, 0.29) is 0 Å². The molecule has 0 amide bonds. The molecule has 0 fully saturated rings. The average Bonchev–Trinajstić information content (AvgIpc) is 2.27. The lowest BCUT2D eigenvalue weighted by Gasteiger charge is -2.17. The number of unbranched alkanes of at least 4 members (excludes halogenated alkanes) is 1. The SMILES string of the molecule is CCCCC(C)CC(C)c1ccccc1. The molecule has 0 aromatic heterocycles. The van der Waals surface area contributed by atoms with Gasteiger partial charge in [0.25, 0.3) is 0 Å². The zero-order chi connectivity index (χ0) is 11.1. The summed E-state index contributed by atoms with van der Waals surface area (Å²) in [4.78, 5) is 0. The molecular formula is C15H24. The molecule has 0 aliphatic carbocycles. The van der Waals surface area contributed by atoms with Crippen molar-refractivity contribution in [3.8, 4) is 0 Å². The van der Waals surface area contributed by atoms with Crippen LogP contribution in [0.2, 0.25) is 0 Å². The van der Waals surface area contributed by atoms with Crippen molar-refractivity contribution in [2.75, 3.05) is 0 Å². The Labute approximate surface area is 94.7 Å². The fourth-order valence-corrected chi connectivity index (χ4v) is 2.19. The van der Waals surface area contributed by atoms with Crippen LogP contribution >= 0.6 is 0 Å². The molecule has 0 N–H and O–H groups in total. The third-order valence-electron chi connectivity index (χ3n) is 3.18. The van der Waals surface area contributed by atoms with E-state index in [1.165, 1.54) is 31.2 Å². The molecule has 0 spiro atoms. The van der Waals surface area contributed by atoms with Gasteiger partial charge in [0, 0.05) is 0 Å². The maximum atomic E-state index is 2.38. The highest BCUT2D eigenvalue weighted by molar-refractivity contribution is 5.18. The molecule has 2 atom stereocenters. The Morgan fingerprint density at radius 3 is 2.33 bits per heavy atom. The minimum absolute atomic E-state index is 0.707. The number of rotatable bonds is 6.